The molecule has 2 unspecified atom stereocenters. The van der Waals surface area contributed by atoms with Gasteiger partial charge in [0.25, 0.3) is 5.91 Å². The Labute approximate surface area is 156 Å². The molecule has 0 aromatic heterocycles. The molecule has 1 aliphatic heterocycles. The van der Waals surface area contributed by atoms with Crippen molar-refractivity contribution < 1.29 is 13.2 Å². The number of hydrogen-bond donors (Lipinski definition) is 2. The molecule has 0 bridgehead atoms. The van der Waals surface area contributed by atoms with Gasteiger partial charge in [0, 0.05) is 36.3 Å². The number of halogens is 1. The molecular weight excluding hydrogens is 362 g/mol. The summed E-state index contributed by atoms with van der Waals surface area (Å²) in [5, 5.41) is 3.34. The molecule has 1 aliphatic rings. The summed E-state index contributed by atoms with van der Waals surface area (Å²) in [7, 11) is -3.59. The molecule has 0 aliphatic carbocycles. The van der Waals surface area contributed by atoms with Gasteiger partial charge in [-0.3, -0.25) is 4.79 Å². The van der Waals surface area contributed by atoms with Crippen LogP contribution in [0.4, 0.5) is 0 Å². The Hall–Kier alpha value is -1.15. The number of sulfonamides is 1. The van der Waals surface area contributed by atoms with Gasteiger partial charge in [0.1, 0.15) is 0 Å². The van der Waals surface area contributed by atoms with Gasteiger partial charge in [0.05, 0.1) is 4.90 Å². The molecule has 1 aromatic rings. The zero-order valence-corrected chi connectivity index (χ0v) is 17.0. The van der Waals surface area contributed by atoms with Gasteiger partial charge in [-0.25, -0.2) is 13.1 Å². The largest absolute Gasteiger partial charge is 0.333 e. The Morgan fingerprint density at radius 3 is 2.28 bits per heavy atom. The number of nitrogens with zero attached hydrogens (tertiary/aromatic N) is 1. The first-order chi connectivity index (χ1) is 11.0. The van der Waals surface area contributed by atoms with Crippen LogP contribution in [0.5, 0.6) is 0 Å². The second-order valence-electron chi connectivity index (χ2n) is 7.36. The minimum absolute atomic E-state index is 0. The molecule has 6 nitrogen and oxygen atoms in total. The number of carbonyl (C=O) groups excluding carboxylic acids is 1. The van der Waals surface area contributed by atoms with Gasteiger partial charge in [-0.2, -0.15) is 0 Å². The van der Waals surface area contributed by atoms with Crippen LogP contribution in [-0.2, 0) is 10.0 Å². The number of amides is 1. The van der Waals surface area contributed by atoms with Gasteiger partial charge in [-0.05, 0) is 58.9 Å². The molecule has 0 spiro atoms. The van der Waals surface area contributed by atoms with Crippen molar-refractivity contribution in [2.45, 2.75) is 57.1 Å². The molecule has 1 amide bonds. The maximum absolute atomic E-state index is 12.7. The summed E-state index contributed by atoms with van der Waals surface area (Å²) in [6, 6.07) is 6.46. The van der Waals surface area contributed by atoms with Crippen molar-refractivity contribution >= 4 is 28.3 Å². The van der Waals surface area contributed by atoms with Gasteiger partial charge in [0.15, 0.2) is 0 Å². The maximum Gasteiger partial charge on any atom is 0.254 e. The van der Waals surface area contributed by atoms with Crippen LogP contribution in [0.1, 0.15) is 45.0 Å². The van der Waals surface area contributed by atoms with Crippen molar-refractivity contribution in [1.82, 2.24) is 14.9 Å². The molecule has 2 atom stereocenters. The van der Waals surface area contributed by atoms with Crippen LogP contribution in [-0.4, -0.2) is 49.9 Å². The van der Waals surface area contributed by atoms with Crippen molar-refractivity contribution in [3.63, 3.8) is 0 Å². The van der Waals surface area contributed by atoms with Crippen LogP contribution in [0.25, 0.3) is 0 Å². The molecule has 2 N–H and O–H groups in total. The lowest BCUT2D eigenvalue weighted by atomic mass is 10.1. The van der Waals surface area contributed by atoms with E-state index < -0.39 is 15.6 Å². The third-order valence-corrected chi connectivity index (χ3v) is 5.92. The predicted octanol–water partition coefficient (Wildman–Crippen LogP) is 2.01. The van der Waals surface area contributed by atoms with E-state index in [0.717, 1.165) is 6.54 Å². The minimum atomic E-state index is -3.59. The second kappa shape index (κ2) is 8.03. The Morgan fingerprint density at radius 2 is 1.76 bits per heavy atom. The highest BCUT2D eigenvalue weighted by Gasteiger charge is 2.29. The summed E-state index contributed by atoms with van der Waals surface area (Å²) in [6.07, 6.45) is 0. The van der Waals surface area contributed by atoms with E-state index >= 15 is 0 Å². The number of piperazine rings is 1. The summed E-state index contributed by atoms with van der Waals surface area (Å²) in [6.45, 7) is 10.8. The van der Waals surface area contributed by atoms with E-state index in [-0.39, 0.29) is 35.3 Å². The highest BCUT2D eigenvalue weighted by atomic mass is 35.5. The lowest BCUT2D eigenvalue weighted by Crippen LogP contribution is -2.57. The minimum Gasteiger partial charge on any atom is -0.333 e. The van der Waals surface area contributed by atoms with Crippen LogP contribution >= 0.6 is 12.4 Å². The molecule has 1 fully saturated rings. The zero-order chi connectivity index (χ0) is 18.1. The number of benzene rings is 1. The first-order valence-corrected chi connectivity index (χ1v) is 9.68. The van der Waals surface area contributed by atoms with E-state index in [0.29, 0.717) is 12.1 Å². The van der Waals surface area contributed by atoms with Crippen LogP contribution in [0.3, 0.4) is 0 Å². The Balaban J connectivity index is 0.00000312. The van der Waals surface area contributed by atoms with Crippen LogP contribution in [0.2, 0.25) is 0 Å². The van der Waals surface area contributed by atoms with E-state index in [1.807, 2.05) is 11.8 Å². The van der Waals surface area contributed by atoms with Crippen molar-refractivity contribution in [3.8, 4) is 0 Å². The van der Waals surface area contributed by atoms with Crippen molar-refractivity contribution in [3.05, 3.63) is 29.8 Å². The molecule has 0 radical (unpaired) electrons. The van der Waals surface area contributed by atoms with Gasteiger partial charge < -0.3 is 10.2 Å². The molecule has 25 heavy (non-hydrogen) atoms. The monoisotopic (exact) mass is 389 g/mol. The molecular formula is C17H28ClN3O3S. The topological polar surface area (TPSA) is 78.5 Å². The summed E-state index contributed by atoms with van der Waals surface area (Å²) in [5.74, 6) is -0.0661. The Bertz CT molecular complexity index is 699. The average Bonchev–Trinajstić information content (AvgIpc) is 2.47. The van der Waals surface area contributed by atoms with E-state index in [2.05, 4.69) is 17.0 Å². The summed E-state index contributed by atoms with van der Waals surface area (Å²) < 4.78 is 27.2. The average molecular weight is 390 g/mol. The zero-order valence-electron chi connectivity index (χ0n) is 15.4. The highest BCUT2D eigenvalue weighted by molar-refractivity contribution is 7.89. The SMILES string of the molecule is CC1NCCN(C(=O)c2ccc(S(=O)(=O)NC(C)(C)C)cc2)C1C.Cl. The van der Waals surface area contributed by atoms with E-state index in [4.69, 9.17) is 0 Å². The smallest absolute Gasteiger partial charge is 0.254 e. The maximum atomic E-state index is 12.7. The van der Waals surface area contributed by atoms with Gasteiger partial charge in [-0.1, -0.05) is 0 Å². The third-order valence-electron chi connectivity index (χ3n) is 4.15. The normalized spacial score (nSPS) is 21.6. The van der Waals surface area contributed by atoms with Crippen molar-refractivity contribution in [1.29, 1.82) is 0 Å². The predicted molar refractivity (Wildman–Crippen MR) is 102 cm³/mol. The Morgan fingerprint density at radius 1 is 1.20 bits per heavy atom. The van der Waals surface area contributed by atoms with Crippen LogP contribution in [0, 0.1) is 0 Å². The fourth-order valence-electron chi connectivity index (χ4n) is 2.75. The van der Waals surface area contributed by atoms with Gasteiger partial charge in [-0.15, -0.1) is 12.4 Å². The van der Waals surface area contributed by atoms with Gasteiger partial charge >= 0.3 is 0 Å². The number of rotatable bonds is 3. The van der Waals surface area contributed by atoms with Crippen LogP contribution in [0.15, 0.2) is 29.2 Å². The molecule has 1 saturated heterocycles. The first kappa shape index (κ1) is 21.9. The Kier molecular flexibility index (Phi) is 7.03. The molecule has 8 heteroatoms. The van der Waals surface area contributed by atoms with E-state index in [1.54, 1.807) is 32.9 Å². The molecule has 142 valence electrons. The lowest BCUT2D eigenvalue weighted by molar-refractivity contribution is 0.0603. The fourth-order valence-corrected chi connectivity index (χ4v) is 4.17. The molecule has 2 rings (SSSR count). The van der Waals surface area contributed by atoms with Crippen molar-refractivity contribution in [2.24, 2.45) is 0 Å². The number of nitrogens with one attached hydrogen (secondary N) is 2. The number of carbonyl (C=O) groups is 1. The molecule has 0 saturated carbocycles. The molecule has 1 heterocycles. The van der Waals surface area contributed by atoms with E-state index in [1.165, 1.54) is 12.1 Å². The fraction of sp³-hybridized carbons (Fsp3) is 0.588. The second-order valence-corrected chi connectivity index (χ2v) is 9.04. The quantitative estimate of drug-likeness (QED) is 0.828. The highest BCUT2D eigenvalue weighted by Crippen LogP contribution is 2.17. The third kappa shape index (κ3) is 5.41. The van der Waals surface area contributed by atoms with E-state index in [9.17, 15) is 13.2 Å². The standard InChI is InChI=1S/C17H27N3O3S.ClH/c1-12-13(2)20(11-10-18-12)16(21)14-6-8-15(9-7-14)24(22,23)19-17(3,4)5;/h6-9,12-13,18-19H,10-11H2,1-5H3;1H. The van der Waals surface area contributed by atoms with Gasteiger partial charge in [0.2, 0.25) is 10.0 Å². The first-order valence-electron chi connectivity index (χ1n) is 8.20. The summed E-state index contributed by atoms with van der Waals surface area (Å²) in [4.78, 5) is 14.7. The van der Waals surface area contributed by atoms with Crippen molar-refractivity contribution in [2.75, 3.05) is 13.1 Å². The summed E-state index contributed by atoms with van der Waals surface area (Å²) in [5.41, 5.74) is -0.0506. The lowest BCUT2D eigenvalue weighted by Gasteiger charge is -2.38. The van der Waals surface area contributed by atoms with Crippen LogP contribution < -0.4 is 10.0 Å². The summed E-state index contributed by atoms with van der Waals surface area (Å²) >= 11 is 0. The number of hydrogen-bond acceptors (Lipinski definition) is 4. The molecule has 1 aromatic carbocycles.